The highest BCUT2D eigenvalue weighted by molar-refractivity contribution is 5.99. The summed E-state index contributed by atoms with van der Waals surface area (Å²) < 4.78 is 5.38. The van der Waals surface area contributed by atoms with Gasteiger partial charge in [-0.1, -0.05) is 0 Å². The molecule has 8 nitrogen and oxygen atoms in total. The number of nitrogens with zero attached hydrogens (tertiary/aromatic N) is 2. The van der Waals surface area contributed by atoms with Gasteiger partial charge in [-0.3, -0.25) is 19.4 Å². The standard InChI is InChI=1S/C20H20N4O4/c25-18-12-28-17-11-14(1-2-16(17)23-18)20(27)24-9-5-13(6-10-24)19(26)22-15-3-7-21-8-4-15/h1-4,7-8,11,13H,5-6,9-10,12H2,(H,23,25)(H,21,22,26). The number of fused-ring (bicyclic) bond motifs is 1. The van der Waals surface area contributed by atoms with Gasteiger partial charge in [0, 0.05) is 42.7 Å². The van der Waals surface area contributed by atoms with Crippen LogP contribution in [-0.4, -0.2) is 47.3 Å². The Kier molecular flexibility index (Phi) is 4.92. The molecule has 0 saturated carbocycles. The lowest BCUT2D eigenvalue weighted by molar-refractivity contribution is -0.121. The first-order valence-corrected chi connectivity index (χ1v) is 9.17. The lowest BCUT2D eigenvalue weighted by Crippen LogP contribution is -2.41. The number of anilines is 2. The molecular formula is C20H20N4O4. The van der Waals surface area contributed by atoms with Crippen molar-refractivity contribution < 1.29 is 19.1 Å². The van der Waals surface area contributed by atoms with Crippen molar-refractivity contribution in [3.63, 3.8) is 0 Å². The molecule has 1 fully saturated rings. The van der Waals surface area contributed by atoms with Crippen molar-refractivity contribution in [2.45, 2.75) is 12.8 Å². The van der Waals surface area contributed by atoms with Crippen LogP contribution in [0.5, 0.6) is 5.75 Å². The maximum Gasteiger partial charge on any atom is 0.262 e. The van der Waals surface area contributed by atoms with Crippen LogP contribution in [0.4, 0.5) is 11.4 Å². The van der Waals surface area contributed by atoms with Crippen molar-refractivity contribution >= 4 is 29.1 Å². The summed E-state index contributed by atoms with van der Waals surface area (Å²) in [5, 5.41) is 5.60. The van der Waals surface area contributed by atoms with Gasteiger partial charge in [0.15, 0.2) is 6.61 Å². The molecule has 144 valence electrons. The minimum absolute atomic E-state index is 0.0313. The Hall–Kier alpha value is -3.42. The number of ether oxygens (including phenoxy) is 1. The predicted molar refractivity (Wildman–Crippen MR) is 102 cm³/mol. The molecule has 28 heavy (non-hydrogen) atoms. The highest BCUT2D eigenvalue weighted by atomic mass is 16.5. The Morgan fingerprint density at radius 3 is 2.64 bits per heavy atom. The van der Waals surface area contributed by atoms with Gasteiger partial charge in [0.25, 0.3) is 11.8 Å². The molecule has 1 aromatic heterocycles. The molecule has 2 aromatic rings. The number of nitrogens with one attached hydrogen (secondary N) is 2. The van der Waals surface area contributed by atoms with Gasteiger partial charge in [-0.25, -0.2) is 0 Å². The Morgan fingerprint density at radius 2 is 1.89 bits per heavy atom. The molecule has 0 unspecified atom stereocenters. The van der Waals surface area contributed by atoms with E-state index in [1.807, 2.05) is 0 Å². The van der Waals surface area contributed by atoms with Crippen molar-refractivity contribution in [1.82, 2.24) is 9.88 Å². The summed E-state index contributed by atoms with van der Waals surface area (Å²) >= 11 is 0. The molecule has 3 amide bonds. The van der Waals surface area contributed by atoms with Gasteiger partial charge < -0.3 is 20.3 Å². The van der Waals surface area contributed by atoms with Crippen LogP contribution in [0.1, 0.15) is 23.2 Å². The second kappa shape index (κ2) is 7.67. The van der Waals surface area contributed by atoms with E-state index in [0.717, 1.165) is 5.69 Å². The number of benzene rings is 1. The third-order valence-electron chi connectivity index (χ3n) is 4.96. The molecule has 8 heteroatoms. The number of amides is 3. The van der Waals surface area contributed by atoms with E-state index in [0.29, 0.717) is 42.9 Å². The number of piperidine rings is 1. The second-order valence-corrected chi connectivity index (χ2v) is 6.84. The molecule has 1 saturated heterocycles. The summed E-state index contributed by atoms with van der Waals surface area (Å²) in [6, 6.07) is 8.50. The highest BCUT2D eigenvalue weighted by Gasteiger charge is 2.28. The van der Waals surface area contributed by atoms with Gasteiger partial charge in [0.05, 0.1) is 5.69 Å². The van der Waals surface area contributed by atoms with E-state index in [-0.39, 0.29) is 30.2 Å². The van der Waals surface area contributed by atoms with Crippen molar-refractivity contribution in [3.8, 4) is 5.75 Å². The van der Waals surface area contributed by atoms with Gasteiger partial charge in [-0.15, -0.1) is 0 Å². The second-order valence-electron chi connectivity index (χ2n) is 6.84. The SMILES string of the molecule is O=C1COc2cc(C(=O)N3CCC(C(=O)Nc4ccncc4)CC3)ccc2N1. The maximum absolute atomic E-state index is 12.8. The summed E-state index contributed by atoms with van der Waals surface area (Å²) in [6.07, 6.45) is 4.48. The van der Waals surface area contributed by atoms with Crippen molar-refractivity contribution in [1.29, 1.82) is 0 Å². The molecule has 2 N–H and O–H groups in total. The topological polar surface area (TPSA) is 101 Å². The molecule has 3 heterocycles. The summed E-state index contributed by atoms with van der Waals surface area (Å²) in [5.74, 6) is 0.0302. The van der Waals surface area contributed by atoms with Gasteiger partial charge in [-0.2, -0.15) is 0 Å². The molecule has 4 rings (SSSR count). The number of carbonyl (C=O) groups is 3. The molecule has 0 atom stereocenters. The Balaban J connectivity index is 1.35. The molecule has 0 radical (unpaired) electrons. The largest absolute Gasteiger partial charge is 0.482 e. The number of hydrogen-bond acceptors (Lipinski definition) is 5. The fourth-order valence-corrected chi connectivity index (χ4v) is 3.41. The zero-order valence-electron chi connectivity index (χ0n) is 15.2. The number of carbonyl (C=O) groups excluding carboxylic acids is 3. The summed E-state index contributed by atoms with van der Waals surface area (Å²) in [6.45, 7) is 0.979. The first-order chi connectivity index (χ1) is 13.6. The van der Waals surface area contributed by atoms with Crippen molar-refractivity contribution in [2.24, 2.45) is 5.92 Å². The number of likely N-dealkylation sites (tertiary alicyclic amines) is 1. The maximum atomic E-state index is 12.8. The number of hydrogen-bond donors (Lipinski definition) is 2. The Morgan fingerprint density at radius 1 is 1.14 bits per heavy atom. The number of rotatable bonds is 3. The zero-order valence-corrected chi connectivity index (χ0v) is 15.2. The van der Waals surface area contributed by atoms with Crippen molar-refractivity contribution in [2.75, 3.05) is 30.3 Å². The van der Waals surface area contributed by atoms with Gasteiger partial charge in [0.1, 0.15) is 5.75 Å². The predicted octanol–water partition coefficient (Wildman–Crippen LogP) is 1.90. The van der Waals surface area contributed by atoms with Gasteiger partial charge in [-0.05, 0) is 43.2 Å². The molecule has 0 bridgehead atoms. The number of aromatic nitrogens is 1. The van der Waals surface area contributed by atoms with E-state index >= 15 is 0 Å². The average Bonchev–Trinajstić information content (AvgIpc) is 2.73. The first kappa shape index (κ1) is 18.0. The quantitative estimate of drug-likeness (QED) is 0.847. The van der Waals surface area contributed by atoms with E-state index in [9.17, 15) is 14.4 Å². The third-order valence-corrected chi connectivity index (χ3v) is 4.96. The summed E-state index contributed by atoms with van der Waals surface area (Å²) in [5.41, 5.74) is 1.80. The zero-order chi connectivity index (χ0) is 19.5. The number of pyridine rings is 1. The highest BCUT2D eigenvalue weighted by Crippen LogP contribution is 2.29. The molecule has 2 aliphatic rings. The monoisotopic (exact) mass is 380 g/mol. The van der Waals surface area contributed by atoms with Crippen LogP contribution >= 0.6 is 0 Å². The van der Waals surface area contributed by atoms with E-state index in [2.05, 4.69) is 15.6 Å². The Labute approximate surface area is 161 Å². The van der Waals surface area contributed by atoms with E-state index in [1.54, 1.807) is 47.6 Å². The van der Waals surface area contributed by atoms with Crippen LogP contribution < -0.4 is 15.4 Å². The molecular weight excluding hydrogens is 360 g/mol. The molecule has 0 aliphatic carbocycles. The third kappa shape index (κ3) is 3.80. The minimum Gasteiger partial charge on any atom is -0.482 e. The van der Waals surface area contributed by atoms with Crippen LogP contribution in [-0.2, 0) is 9.59 Å². The average molecular weight is 380 g/mol. The fraction of sp³-hybridized carbons (Fsp3) is 0.300. The van der Waals surface area contributed by atoms with Crippen LogP contribution in [0.2, 0.25) is 0 Å². The van der Waals surface area contributed by atoms with Gasteiger partial charge >= 0.3 is 0 Å². The minimum atomic E-state index is -0.210. The summed E-state index contributed by atoms with van der Waals surface area (Å²) in [4.78, 5) is 42.2. The van der Waals surface area contributed by atoms with Crippen LogP contribution in [0.3, 0.4) is 0 Å². The van der Waals surface area contributed by atoms with E-state index in [4.69, 9.17) is 4.74 Å². The lowest BCUT2D eigenvalue weighted by atomic mass is 9.95. The molecule has 1 aromatic carbocycles. The lowest BCUT2D eigenvalue weighted by Gasteiger charge is -2.31. The first-order valence-electron chi connectivity index (χ1n) is 9.17. The van der Waals surface area contributed by atoms with E-state index < -0.39 is 0 Å². The van der Waals surface area contributed by atoms with Gasteiger partial charge in [0.2, 0.25) is 5.91 Å². The van der Waals surface area contributed by atoms with Crippen molar-refractivity contribution in [3.05, 3.63) is 48.3 Å². The normalized spacial score (nSPS) is 16.6. The van der Waals surface area contributed by atoms with Crippen LogP contribution in [0, 0.1) is 5.92 Å². The van der Waals surface area contributed by atoms with Crippen LogP contribution in [0.15, 0.2) is 42.7 Å². The van der Waals surface area contributed by atoms with E-state index in [1.165, 1.54) is 0 Å². The Bertz CT molecular complexity index is 908. The smallest absolute Gasteiger partial charge is 0.262 e. The molecule has 0 spiro atoms. The fourth-order valence-electron chi connectivity index (χ4n) is 3.41. The van der Waals surface area contributed by atoms with Crippen LogP contribution in [0.25, 0.3) is 0 Å². The molecule has 2 aliphatic heterocycles. The summed E-state index contributed by atoms with van der Waals surface area (Å²) in [7, 11) is 0.